The van der Waals surface area contributed by atoms with Gasteiger partial charge in [-0.2, -0.15) is 0 Å². The van der Waals surface area contributed by atoms with E-state index >= 15 is 0 Å². The van der Waals surface area contributed by atoms with Gasteiger partial charge in [0.15, 0.2) is 0 Å². The molecule has 0 radical (unpaired) electrons. The van der Waals surface area contributed by atoms with Crippen molar-refractivity contribution >= 4 is 11.9 Å². The third-order valence-corrected chi connectivity index (χ3v) is 9.76. The van der Waals surface area contributed by atoms with Crippen molar-refractivity contribution in [2.24, 2.45) is 0 Å². The van der Waals surface area contributed by atoms with Crippen molar-refractivity contribution < 1.29 is 34.0 Å². The first-order valence-corrected chi connectivity index (χ1v) is 16.8. The third-order valence-electron chi connectivity index (χ3n) is 9.76. The summed E-state index contributed by atoms with van der Waals surface area (Å²) < 4.78 is 23.6. The lowest BCUT2D eigenvalue weighted by Crippen LogP contribution is -2.46. The number of hydrogen-bond acceptors (Lipinski definition) is 8. The summed E-state index contributed by atoms with van der Waals surface area (Å²) in [5, 5.41) is 0. The molecule has 0 bridgehead atoms. The second-order valence-electron chi connectivity index (χ2n) is 13.6. The molecule has 260 valence electrons. The van der Waals surface area contributed by atoms with Crippen molar-refractivity contribution in [3.63, 3.8) is 0 Å². The molecule has 0 spiro atoms. The van der Waals surface area contributed by atoms with Crippen LogP contribution in [0, 0.1) is 0 Å². The fourth-order valence-electron chi connectivity index (χ4n) is 7.50. The minimum absolute atomic E-state index is 0. The number of hydrogen-bond donors (Lipinski definition) is 0. The number of ether oxygens (including phenoxy) is 4. The van der Waals surface area contributed by atoms with Crippen LogP contribution in [-0.4, -0.2) is 93.9 Å². The van der Waals surface area contributed by atoms with E-state index in [0.29, 0.717) is 0 Å². The third kappa shape index (κ3) is 10.0. The molecule has 2 aliphatic carbocycles. The number of benzene rings is 2. The molecule has 9 nitrogen and oxygen atoms in total. The van der Waals surface area contributed by atoms with Gasteiger partial charge in [-0.3, -0.25) is 0 Å². The summed E-state index contributed by atoms with van der Waals surface area (Å²) in [6.07, 6.45) is 11.8. The molecular formula is C38H56N2O7. The average molecular weight is 653 g/mol. The number of rotatable bonds is 14. The van der Waals surface area contributed by atoms with Crippen molar-refractivity contribution in [3.8, 4) is 11.5 Å². The molecule has 2 aromatic carbocycles. The van der Waals surface area contributed by atoms with Gasteiger partial charge in [-0.05, 0) is 115 Å². The highest BCUT2D eigenvalue weighted by Gasteiger charge is 2.45. The van der Waals surface area contributed by atoms with E-state index in [1.54, 1.807) is 14.2 Å². The number of methoxy groups -OCH3 is 2. The Morgan fingerprint density at radius 2 is 0.936 bits per heavy atom. The molecule has 2 fully saturated rings. The Hall–Kier alpha value is -3.40. The quantitative estimate of drug-likeness (QED) is 0.183. The molecule has 2 atom stereocenters. The smallest absolute Gasteiger partial charge is 0.331 e. The Kier molecular flexibility index (Phi) is 14.3. The van der Waals surface area contributed by atoms with E-state index < -0.39 is 23.1 Å². The number of carbonyl (C=O) groups excluding carboxylic acids is 2. The summed E-state index contributed by atoms with van der Waals surface area (Å²) in [6.45, 7) is 1.46. The molecular weight excluding hydrogens is 596 g/mol. The zero-order valence-corrected chi connectivity index (χ0v) is 29.3. The minimum atomic E-state index is -0.668. The molecule has 4 rings (SSSR count). The van der Waals surface area contributed by atoms with Gasteiger partial charge in [0.05, 0.1) is 14.2 Å². The van der Waals surface area contributed by atoms with Gasteiger partial charge in [0, 0.05) is 37.1 Å². The maximum atomic E-state index is 13.5. The number of esters is 2. The van der Waals surface area contributed by atoms with E-state index in [4.69, 9.17) is 18.9 Å². The SMILES string of the molecule is COc1ccc(C(CN(C)C)C2(OC(=O)/C=C/C(=O)OC3(C(CN(C)C)c4ccc(OC)cc4)CCCCC3)CCCCC2)cc1.O. The molecule has 0 saturated heterocycles. The van der Waals surface area contributed by atoms with Gasteiger partial charge >= 0.3 is 11.9 Å². The summed E-state index contributed by atoms with van der Waals surface area (Å²) >= 11 is 0. The van der Waals surface area contributed by atoms with Crippen molar-refractivity contribution in [2.75, 3.05) is 55.5 Å². The van der Waals surface area contributed by atoms with Crippen LogP contribution >= 0.6 is 0 Å². The average Bonchev–Trinajstić information content (AvgIpc) is 3.06. The molecule has 0 aromatic heterocycles. The lowest BCUT2D eigenvalue weighted by Gasteiger charge is -2.44. The van der Waals surface area contributed by atoms with E-state index in [1.165, 1.54) is 12.2 Å². The predicted octanol–water partition coefficient (Wildman–Crippen LogP) is 5.92. The van der Waals surface area contributed by atoms with Crippen LogP contribution in [0.3, 0.4) is 0 Å². The topological polar surface area (TPSA) is 109 Å². The standard InChI is InChI=1S/C38H54N2O6.H2O/c1-39(2)27-33(29-13-17-31(43-5)18-14-29)37(23-9-7-10-24-37)45-35(41)21-22-36(42)46-38(25-11-8-12-26-38)34(28-40(3)4)30-15-19-32(44-6)20-16-30;/h13-22,33-34H,7-12,23-28H2,1-6H3;1H2/b22-21+;. The van der Waals surface area contributed by atoms with Crippen molar-refractivity contribution in [3.05, 3.63) is 71.8 Å². The molecule has 0 heterocycles. The van der Waals surface area contributed by atoms with E-state index in [9.17, 15) is 9.59 Å². The highest BCUT2D eigenvalue weighted by molar-refractivity contribution is 5.92. The van der Waals surface area contributed by atoms with Crippen LogP contribution in [0.1, 0.15) is 87.2 Å². The normalized spacial score (nSPS) is 18.6. The number of nitrogens with zero attached hydrogens (tertiary/aromatic N) is 2. The van der Waals surface area contributed by atoms with Crippen LogP contribution in [0.25, 0.3) is 0 Å². The first-order valence-electron chi connectivity index (χ1n) is 16.8. The molecule has 2 unspecified atom stereocenters. The van der Waals surface area contributed by atoms with Gasteiger partial charge in [-0.15, -0.1) is 0 Å². The molecule has 2 aromatic rings. The molecule has 2 N–H and O–H groups in total. The van der Waals surface area contributed by atoms with Crippen LogP contribution in [0.4, 0.5) is 0 Å². The number of carbonyl (C=O) groups is 2. The van der Waals surface area contributed by atoms with Gasteiger partial charge < -0.3 is 34.2 Å². The lowest BCUT2D eigenvalue weighted by molar-refractivity contribution is -0.164. The summed E-state index contributed by atoms with van der Waals surface area (Å²) in [6, 6.07) is 16.1. The Balaban J connectivity index is 0.00000600. The lowest BCUT2D eigenvalue weighted by atomic mass is 9.72. The van der Waals surface area contributed by atoms with Gasteiger partial charge in [-0.1, -0.05) is 37.1 Å². The second kappa shape index (κ2) is 17.7. The first kappa shape index (κ1) is 38.1. The Labute approximate surface area is 281 Å². The van der Waals surface area contributed by atoms with Gasteiger partial charge in [-0.25, -0.2) is 9.59 Å². The van der Waals surface area contributed by atoms with Crippen LogP contribution in [-0.2, 0) is 19.1 Å². The van der Waals surface area contributed by atoms with Crippen LogP contribution in [0.15, 0.2) is 60.7 Å². The van der Waals surface area contributed by atoms with Crippen LogP contribution in [0.5, 0.6) is 11.5 Å². The fraction of sp³-hybridized carbons (Fsp3) is 0.579. The van der Waals surface area contributed by atoms with Crippen molar-refractivity contribution in [1.82, 2.24) is 9.80 Å². The molecule has 9 heteroatoms. The summed E-state index contributed by atoms with van der Waals surface area (Å²) in [5.74, 6) is 0.514. The Morgan fingerprint density at radius 3 is 1.21 bits per heavy atom. The molecule has 2 saturated carbocycles. The van der Waals surface area contributed by atoms with Crippen molar-refractivity contribution in [1.29, 1.82) is 0 Å². The predicted molar refractivity (Wildman–Crippen MR) is 185 cm³/mol. The molecule has 0 aliphatic heterocycles. The van der Waals surface area contributed by atoms with E-state index in [0.717, 1.165) is 99.9 Å². The Bertz CT molecular complexity index is 1180. The zero-order chi connectivity index (χ0) is 33.2. The number of likely N-dealkylation sites (N-methyl/N-ethyl adjacent to an activating group) is 2. The highest BCUT2D eigenvalue weighted by atomic mass is 16.6. The van der Waals surface area contributed by atoms with E-state index in [2.05, 4.69) is 34.1 Å². The zero-order valence-electron chi connectivity index (χ0n) is 29.3. The monoisotopic (exact) mass is 652 g/mol. The highest BCUT2D eigenvalue weighted by Crippen LogP contribution is 2.45. The van der Waals surface area contributed by atoms with Gasteiger partial charge in [0.2, 0.25) is 0 Å². The summed E-state index contributed by atoms with van der Waals surface area (Å²) in [4.78, 5) is 31.3. The Morgan fingerprint density at radius 1 is 0.617 bits per heavy atom. The van der Waals surface area contributed by atoms with E-state index in [1.807, 2.05) is 52.5 Å². The molecule has 47 heavy (non-hydrogen) atoms. The molecule has 0 amide bonds. The summed E-state index contributed by atoms with van der Waals surface area (Å²) in [5.41, 5.74) is 0.880. The summed E-state index contributed by atoms with van der Waals surface area (Å²) in [7, 11) is 11.5. The first-order chi connectivity index (χ1) is 22.1. The second-order valence-corrected chi connectivity index (χ2v) is 13.6. The largest absolute Gasteiger partial charge is 0.497 e. The van der Waals surface area contributed by atoms with Gasteiger partial charge in [0.25, 0.3) is 0 Å². The maximum Gasteiger partial charge on any atom is 0.331 e. The fourth-order valence-corrected chi connectivity index (χ4v) is 7.50. The van der Waals surface area contributed by atoms with Gasteiger partial charge in [0.1, 0.15) is 22.7 Å². The maximum absolute atomic E-state index is 13.5. The molecule has 2 aliphatic rings. The van der Waals surface area contributed by atoms with Crippen LogP contribution < -0.4 is 9.47 Å². The van der Waals surface area contributed by atoms with Crippen molar-refractivity contribution in [2.45, 2.75) is 87.2 Å². The van der Waals surface area contributed by atoms with Crippen LogP contribution in [0.2, 0.25) is 0 Å². The van der Waals surface area contributed by atoms with E-state index in [-0.39, 0.29) is 17.3 Å². The minimum Gasteiger partial charge on any atom is -0.497 e.